The molecule has 0 aromatic rings. The zero-order valence-corrected chi connectivity index (χ0v) is 24.0. The zero-order valence-electron chi connectivity index (χ0n) is 24.0. The first-order valence-electron chi connectivity index (χ1n) is 14.5. The Morgan fingerprint density at radius 2 is 1.71 bits per heavy atom. The monoisotopic (exact) mass is 470 g/mol. The van der Waals surface area contributed by atoms with Gasteiger partial charge >= 0.3 is 5.97 Å². The SMILES string of the molecule is CC(=O)O[C@H]1CC[C@]2(C)[C@H]3CC=C4C[C@](C)(CCCC(C)C)CC[C@@]4(C)[C@]3(C)CC[C@H]2C1(C)C. The first kappa shape index (κ1) is 26.3. The molecule has 0 bridgehead atoms. The van der Waals surface area contributed by atoms with Gasteiger partial charge in [-0.1, -0.05) is 79.9 Å². The van der Waals surface area contributed by atoms with Gasteiger partial charge in [-0.3, -0.25) is 4.79 Å². The van der Waals surface area contributed by atoms with Crippen LogP contribution in [0.3, 0.4) is 0 Å². The Hall–Kier alpha value is -0.790. The van der Waals surface area contributed by atoms with Crippen molar-refractivity contribution < 1.29 is 9.53 Å². The molecule has 3 saturated carbocycles. The Balaban J connectivity index is 1.60. The highest BCUT2D eigenvalue weighted by Gasteiger charge is 2.66. The molecule has 0 unspecified atom stereocenters. The van der Waals surface area contributed by atoms with Crippen molar-refractivity contribution >= 4 is 5.97 Å². The largest absolute Gasteiger partial charge is 0.462 e. The quantitative estimate of drug-likeness (QED) is 0.296. The van der Waals surface area contributed by atoms with Gasteiger partial charge in [0.25, 0.3) is 0 Å². The van der Waals surface area contributed by atoms with E-state index < -0.39 is 0 Å². The summed E-state index contributed by atoms with van der Waals surface area (Å²) < 4.78 is 5.89. The van der Waals surface area contributed by atoms with Crippen LogP contribution in [-0.2, 0) is 9.53 Å². The first-order valence-corrected chi connectivity index (χ1v) is 14.5. The topological polar surface area (TPSA) is 26.3 Å². The Morgan fingerprint density at radius 1 is 1.00 bits per heavy atom. The fraction of sp³-hybridized carbons (Fsp3) is 0.906. The van der Waals surface area contributed by atoms with E-state index >= 15 is 0 Å². The van der Waals surface area contributed by atoms with Gasteiger partial charge in [-0.25, -0.2) is 0 Å². The van der Waals surface area contributed by atoms with Crippen molar-refractivity contribution in [1.82, 2.24) is 0 Å². The summed E-state index contributed by atoms with van der Waals surface area (Å²) in [4.78, 5) is 11.8. The maximum absolute atomic E-state index is 11.8. The molecule has 0 N–H and O–H groups in total. The van der Waals surface area contributed by atoms with E-state index in [-0.39, 0.29) is 17.5 Å². The molecule has 2 heteroatoms. The van der Waals surface area contributed by atoms with Gasteiger partial charge in [0, 0.05) is 12.3 Å². The Bertz CT molecular complexity index is 823. The highest BCUT2D eigenvalue weighted by atomic mass is 16.5. The number of rotatable bonds is 5. The molecular weight excluding hydrogens is 416 g/mol. The van der Waals surface area contributed by atoms with Gasteiger partial charge in [-0.05, 0) is 97.2 Å². The van der Waals surface area contributed by atoms with Crippen LogP contribution in [0.1, 0.15) is 133 Å². The van der Waals surface area contributed by atoms with Crippen molar-refractivity contribution in [2.24, 2.45) is 44.8 Å². The van der Waals surface area contributed by atoms with Crippen LogP contribution in [0, 0.1) is 44.8 Å². The average Bonchev–Trinajstić information content (AvgIpc) is 2.71. The van der Waals surface area contributed by atoms with E-state index in [2.05, 4.69) is 61.5 Å². The molecule has 0 aliphatic heterocycles. The number of esters is 1. The minimum Gasteiger partial charge on any atom is -0.462 e. The molecule has 3 fully saturated rings. The summed E-state index contributed by atoms with van der Waals surface area (Å²) in [5.74, 6) is 2.07. The van der Waals surface area contributed by atoms with Crippen molar-refractivity contribution in [2.45, 2.75) is 139 Å². The molecule has 0 radical (unpaired) electrons. The number of fused-ring (bicyclic) bond motifs is 5. The van der Waals surface area contributed by atoms with Crippen LogP contribution in [0.25, 0.3) is 0 Å². The average molecular weight is 471 g/mol. The second kappa shape index (κ2) is 8.65. The molecule has 0 amide bonds. The summed E-state index contributed by atoms with van der Waals surface area (Å²) >= 11 is 0. The Kier molecular flexibility index (Phi) is 6.69. The third-order valence-corrected chi connectivity index (χ3v) is 12.3. The lowest BCUT2D eigenvalue weighted by Crippen LogP contribution is -2.63. The third kappa shape index (κ3) is 4.02. The van der Waals surface area contributed by atoms with Crippen molar-refractivity contribution in [3.8, 4) is 0 Å². The number of carbonyl (C=O) groups excluding carboxylic acids is 1. The number of allylic oxidation sites excluding steroid dienone is 2. The van der Waals surface area contributed by atoms with Crippen molar-refractivity contribution in [3.63, 3.8) is 0 Å². The molecule has 7 atom stereocenters. The summed E-state index contributed by atoms with van der Waals surface area (Å²) in [6.07, 6.45) is 17.1. The van der Waals surface area contributed by atoms with E-state index in [1.807, 2.05) is 0 Å². The molecule has 34 heavy (non-hydrogen) atoms. The van der Waals surface area contributed by atoms with E-state index in [0.717, 1.165) is 18.3 Å². The van der Waals surface area contributed by atoms with Gasteiger partial charge in [0.2, 0.25) is 0 Å². The lowest BCUT2D eigenvalue weighted by molar-refractivity contribution is -0.209. The number of carbonyl (C=O) groups is 1. The van der Waals surface area contributed by atoms with Crippen LogP contribution in [0.15, 0.2) is 11.6 Å². The molecule has 4 aliphatic carbocycles. The maximum atomic E-state index is 11.8. The smallest absolute Gasteiger partial charge is 0.302 e. The van der Waals surface area contributed by atoms with E-state index in [0.29, 0.717) is 27.6 Å². The molecule has 0 heterocycles. The van der Waals surface area contributed by atoms with Crippen LogP contribution in [0.5, 0.6) is 0 Å². The first-order chi connectivity index (χ1) is 15.7. The summed E-state index contributed by atoms with van der Waals surface area (Å²) in [6.45, 7) is 21.6. The van der Waals surface area contributed by atoms with Gasteiger partial charge in [0.1, 0.15) is 6.10 Å². The van der Waals surface area contributed by atoms with Gasteiger partial charge in [0.05, 0.1) is 0 Å². The fourth-order valence-electron chi connectivity index (χ4n) is 9.94. The second-order valence-electron chi connectivity index (χ2n) is 15.1. The van der Waals surface area contributed by atoms with Gasteiger partial charge in [-0.2, -0.15) is 0 Å². The Morgan fingerprint density at radius 3 is 2.35 bits per heavy atom. The standard InChI is InChI=1S/C32H54O2/c1-22(2)11-10-16-29(6)19-20-31(8)24(21-29)12-13-26-30(7)17-15-27(34-23(3)33)28(4,5)25(30)14-18-32(26,31)9/h12,22,25-27H,10-11,13-21H2,1-9H3/t25-,26+,27-,29+,30-,31+,32+/m0/s1. The minimum absolute atomic E-state index is 0.0481. The highest BCUT2D eigenvalue weighted by Crippen LogP contribution is 2.73. The lowest BCUT2D eigenvalue weighted by atomic mass is 9.35. The Labute approximate surface area is 211 Å². The lowest BCUT2D eigenvalue weighted by Gasteiger charge is -2.70. The summed E-state index contributed by atoms with van der Waals surface area (Å²) in [7, 11) is 0. The molecular formula is C32H54O2. The van der Waals surface area contributed by atoms with E-state index in [4.69, 9.17) is 4.74 Å². The molecule has 194 valence electrons. The molecule has 0 spiro atoms. The van der Waals surface area contributed by atoms with E-state index in [9.17, 15) is 4.79 Å². The summed E-state index contributed by atoms with van der Waals surface area (Å²) in [5.41, 5.74) is 3.40. The van der Waals surface area contributed by atoms with E-state index in [1.54, 1.807) is 12.5 Å². The predicted molar refractivity (Wildman–Crippen MR) is 142 cm³/mol. The van der Waals surface area contributed by atoms with Crippen molar-refractivity contribution in [3.05, 3.63) is 11.6 Å². The second-order valence-corrected chi connectivity index (χ2v) is 15.1. The van der Waals surface area contributed by atoms with Crippen molar-refractivity contribution in [2.75, 3.05) is 0 Å². The highest BCUT2D eigenvalue weighted by molar-refractivity contribution is 5.66. The molecule has 4 rings (SSSR count). The van der Waals surface area contributed by atoms with Gasteiger partial charge in [0.15, 0.2) is 0 Å². The van der Waals surface area contributed by atoms with Crippen LogP contribution in [-0.4, -0.2) is 12.1 Å². The molecule has 0 aromatic heterocycles. The molecule has 4 aliphatic rings. The predicted octanol–water partition coefficient (Wildman–Crippen LogP) is 9.13. The number of hydrogen-bond donors (Lipinski definition) is 0. The number of hydrogen-bond acceptors (Lipinski definition) is 2. The molecule has 2 nitrogen and oxygen atoms in total. The minimum atomic E-state index is -0.112. The number of ether oxygens (including phenoxy) is 1. The van der Waals surface area contributed by atoms with Crippen LogP contribution >= 0.6 is 0 Å². The van der Waals surface area contributed by atoms with Crippen LogP contribution < -0.4 is 0 Å². The summed E-state index contributed by atoms with van der Waals surface area (Å²) in [5, 5.41) is 0. The van der Waals surface area contributed by atoms with Gasteiger partial charge < -0.3 is 4.74 Å². The summed E-state index contributed by atoms with van der Waals surface area (Å²) in [6, 6.07) is 0. The van der Waals surface area contributed by atoms with Crippen LogP contribution in [0.2, 0.25) is 0 Å². The normalized spacial score (nSPS) is 45.6. The zero-order chi connectivity index (χ0) is 25.2. The van der Waals surface area contributed by atoms with Crippen molar-refractivity contribution in [1.29, 1.82) is 0 Å². The van der Waals surface area contributed by atoms with Gasteiger partial charge in [-0.15, -0.1) is 0 Å². The molecule has 0 saturated heterocycles. The third-order valence-electron chi connectivity index (χ3n) is 12.3. The van der Waals surface area contributed by atoms with E-state index in [1.165, 1.54) is 64.2 Å². The van der Waals surface area contributed by atoms with Crippen LogP contribution in [0.4, 0.5) is 0 Å². The fourth-order valence-corrected chi connectivity index (χ4v) is 9.94. The maximum Gasteiger partial charge on any atom is 0.302 e. The molecule has 0 aromatic carbocycles.